The van der Waals surface area contributed by atoms with Crippen molar-refractivity contribution in [3.63, 3.8) is 0 Å². The molecule has 2 aromatic carbocycles. The van der Waals surface area contributed by atoms with E-state index in [1.165, 1.54) is 31.4 Å². The lowest BCUT2D eigenvalue weighted by Gasteiger charge is -2.29. The quantitative estimate of drug-likeness (QED) is 0.440. The number of carbonyl (C=O) groups excluding carboxylic acids is 2. The summed E-state index contributed by atoms with van der Waals surface area (Å²) in [7, 11) is 1.40. The molecule has 0 aromatic heterocycles. The summed E-state index contributed by atoms with van der Waals surface area (Å²) in [6.07, 6.45) is -3.36. The third-order valence-corrected chi connectivity index (χ3v) is 4.84. The Morgan fingerprint density at radius 2 is 1.87 bits per heavy atom. The second-order valence-corrected chi connectivity index (χ2v) is 6.84. The van der Waals surface area contributed by atoms with Gasteiger partial charge in [0.05, 0.1) is 18.4 Å². The molecule has 2 amide bonds. The third kappa shape index (κ3) is 3.79. The number of thiocarbonyl (C=S) groups is 1. The number of alkyl halides is 3. The molecular formula is C20H13F3N2O5S. The predicted octanol–water partition coefficient (Wildman–Crippen LogP) is 3.27. The first-order valence-electron chi connectivity index (χ1n) is 8.75. The summed E-state index contributed by atoms with van der Waals surface area (Å²) in [6.45, 7) is 0.00945. The van der Waals surface area contributed by atoms with Crippen LogP contribution in [0.15, 0.2) is 42.0 Å². The number of hydrogen-bond donors (Lipinski definition) is 1. The van der Waals surface area contributed by atoms with Gasteiger partial charge in [-0.25, -0.2) is 0 Å². The molecule has 0 aliphatic carbocycles. The minimum Gasteiger partial charge on any atom is -0.496 e. The highest BCUT2D eigenvalue weighted by Gasteiger charge is 2.37. The van der Waals surface area contributed by atoms with Gasteiger partial charge in [-0.15, -0.1) is 0 Å². The third-order valence-electron chi connectivity index (χ3n) is 4.56. The SMILES string of the molecule is COc1cc2c(cc1/C=C1\C(=O)NC(=S)N(c3cccc(C(F)(F)F)c3)C1=O)OCO2. The fourth-order valence-corrected chi connectivity index (χ4v) is 3.38. The topological polar surface area (TPSA) is 77.1 Å². The number of methoxy groups -OCH3 is 1. The van der Waals surface area contributed by atoms with Gasteiger partial charge in [0.25, 0.3) is 11.8 Å². The van der Waals surface area contributed by atoms with Gasteiger partial charge in [-0.1, -0.05) is 6.07 Å². The van der Waals surface area contributed by atoms with E-state index >= 15 is 0 Å². The molecule has 2 aromatic rings. The van der Waals surface area contributed by atoms with Crippen LogP contribution in [0, 0.1) is 0 Å². The number of anilines is 1. The summed E-state index contributed by atoms with van der Waals surface area (Å²) >= 11 is 5.03. The van der Waals surface area contributed by atoms with Crippen molar-refractivity contribution in [3.05, 3.63) is 53.1 Å². The first-order chi connectivity index (χ1) is 14.7. The summed E-state index contributed by atoms with van der Waals surface area (Å²) < 4.78 is 55.1. The largest absolute Gasteiger partial charge is 0.496 e. The molecular weight excluding hydrogens is 437 g/mol. The lowest BCUT2D eigenvalue weighted by atomic mass is 10.0. The van der Waals surface area contributed by atoms with E-state index in [0.717, 1.165) is 23.1 Å². The molecule has 7 nitrogen and oxygen atoms in total. The molecule has 11 heteroatoms. The fourth-order valence-electron chi connectivity index (χ4n) is 3.10. The lowest BCUT2D eigenvalue weighted by molar-refractivity contribution is -0.137. The molecule has 0 atom stereocenters. The van der Waals surface area contributed by atoms with Gasteiger partial charge in [-0.05, 0) is 42.6 Å². The van der Waals surface area contributed by atoms with E-state index in [4.69, 9.17) is 26.4 Å². The molecule has 0 saturated carbocycles. The molecule has 0 bridgehead atoms. The van der Waals surface area contributed by atoms with E-state index in [9.17, 15) is 22.8 Å². The van der Waals surface area contributed by atoms with Crippen molar-refractivity contribution >= 4 is 40.9 Å². The summed E-state index contributed by atoms with van der Waals surface area (Å²) in [5, 5.41) is 2.00. The minimum atomic E-state index is -4.61. The van der Waals surface area contributed by atoms with Gasteiger partial charge in [0.2, 0.25) is 6.79 Å². The number of amides is 2. The Labute approximate surface area is 179 Å². The van der Waals surface area contributed by atoms with E-state index in [2.05, 4.69) is 5.32 Å². The van der Waals surface area contributed by atoms with E-state index < -0.39 is 23.6 Å². The molecule has 2 aliphatic rings. The van der Waals surface area contributed by atoms with Crippen LogP contribution in [0.4, 0.5) is 18.9 Å². The number of halogens is 3. The molecule has 160 valence electrons. The first-order valence-corrected chi connectivity index (χ1v) is 9.16. The zero-order valence-electron chi connectivity index (χ0n) is 15.8. The van der Waals surface area contributed by atoms with Gasteiger partial charge in [0.15, 0.2) is 16.6 Å². The Hall–Kier alpha value is -3.60. The smallest absolute Gasteiger partial charge is 0.416 e. The van der Waals surface area contributed by atoms with Crippen LogP contribution < -0.4 is 24.4 Å². The van der Waals surface area contributed by atoms with E-state index in [1.807, 2.05) is 0 Å². The number of nitrogens with zero attached hydrogens (tertiary/aromatic N) is 1. The van der Waals surface area contributed by atoms with Gasteiger partial charge >= 0.3 is 6.18 Å². The molecule has 2 heterocycles. The number of hydrogen-bond acceptors (Lipinski definition) is 6. The number of nitrogens with one attached hydrogen (secondary N) is 1. The van der Waals surface area contributed by atoms with Crippen LogP contribution in [-0.2, 0) is 15.8 Å². The Bertz CT molecular complexity index is 1150. The average molecular weight is 450 g/mol. The van der Waals surface area contributed by atoms with Crippen molar-refractivity contribution in [2.24, 2.45) is 0 Å². The number of rotatable bonds is 3. The van der Waals surface area contributed by atoms with Gasteiger partial charge in [0, 0.05) is 11.6 Å². The second-order valence-electron chi connectivity index (χ2n) is 6.45. The first kappa shape index (κ1) is 20.7. The van der Waals surface area contributed by atoms with Crippen molar-refractivity contribution in [1.82, 2.24) is 5.32 Å². The monoisotopic (exact) mass is 450 g/mol. The second kappa shape index (κ2) is 7.58. The van der Waals surface area contributed by atoms with Crippen LogP contribution in [0.2, 0.25) is 0 Å². The summed E-state index contributed by atoms with van der Waals surface area (Å²) in [4.78, 5) is 26.4. The number of fused-ring (bicyclic) bond motifs is 1. The van der Waals surface area contributed by atoms with Crippen molar-refractivity contribution in [2.45, 2.75) is 6.18 Å². The zero-order valence-corrected chi connectivity index (χ0v) is 16.6. The maximum Gasteiger partial charge on any atom is 0.416 e. The number of ether oxygens (including phenoxy) is 3. The van der Waals surface area contributed by atoms with Crippen LogP contribution in [0.5, 0.6) is 17.2 Å². The molecule has 0 spiro atoms. The molecule has 0 unspecified atom stereocenters. The molecule has 1 N–H and O–H groups in total. The van der Waals surface area contributed by atoms with Gasteiger partial charge in [-0.2, -0.15) is 13.2 Å². The van der Waals surface area contributed by atoms with Crippen LogP contribution >= 0.6 is 12.2 Å². The molecule has 4 rings (SSSR count). The Morgan fingerprint density at radius 3 is 2.55 bits per heavy atom. The minimum absolute atomic E-state index is 0.00945. The highest BCUT2D eigenvalue weighted by atomic mass is 32.1. The summed E-state index contributed by atoms with van der Waals surface area (Å²) in [5.74, 6) is -0.548. The summed E-state index contributed by atoms with van der Waals surface area (Å²) in [6, 6.07) is 7.14. The Kier molecular flexibility index (Phi) is 5.05. The number of benzene rings is 2. The van der Waals surface area contributed by atoms with Gasteiger partial charge < -0.3 is 14.2 Å². The molecule has 0 radical (unpaired) electrons. The number of carbonyl (C=O) groups is 2. The highest BCUT2D eigenvalue weighted by Crippen LogP contribution is 2.39. The van der Waals surface area contributed by atoms with Crippen molar-refractivity contribution in [1.29, 1.82) is 0 Å². The molecule has 31 heavy (non-hydrogen) atoms. The van der Waals surface area contributed by atoms with Crippen molar-refractivity contribution < 1.29 is 37.0 Å². The molecule has 2 aliphatic heterocycles. The zero-order chi connectivity index (χ0) is 22.3. The van der Waals surface area contributed by atoms with E-state index in [0.29, 0.717) is 22.8 Å². The normalized spacial score (nSPS) is 17.2. The Morgan fingerprint density at radius 1 is 1.16 bits per heavy atom. The average Bonchev–Trinajstić information content (AvgIpc) is 3.17. The van der Waals surface area contributed by atoms with Crippen LogP contribution in [0.1, 0.15) is 11.1 Å². The van der Waals surface area contributed by atoms with E-state index in [-0.39, 0.29) is 23.2 Å². The predicted molar refractivity (Wildman–Crippen MR) is 107 cm³/mol. The van der Waals surface area contributed by atoms with Crippen LogP contribution in [-0.4, -0.2) is 30.8 Å². The maximum atomic E-state index is 13.1. The molecule has 1 fully saturated rings. The van der Waals surface area contributed by atoms with Gasteiger partial charge in [-0.3, -0.25) is 19.8 Å². The van der Waals surface area contributed by atoms with Crippen molar-refractivity contribution in [2.75, 3.05) is 18.8 Å². The standard InChI is InChI=1S/C20H13F3N2O5S/c1-28-14-8-16-15(29-9-30-16)6-10(14)5-13-17(26)24-19(31)25(18(13)27)12-4-2-3-11(7-12)20(21,22)23/h2-8H,9H2,1H3,(H,24,26,31)/b13-5+. The van der Waals surface area contributed by atoms with Crippen LogP contribution in [0.25, 0.3) is 6.08 Å². The van der Waals surface area contributed by atoms with Crippen molar-refractivity contribution in [3.8, 4) is 17.2 Å². The molecule has 1 saturated heterocycles. The van der Waals surface area contributed by atoms with Crippen LogP contribution in [0.3, 0.4) is 0 Å². The summed E-state index contributed by atoms with van der Waals surface area (Å²) in [5.41, 5.74) is -1.10. The maximum absolute atomic E-state index is 13.1. The van der Waals surface area contributed by atoms with E-state index in [1.54, 1.807) is 0 Å². The fraction of sp³-hybridized carbons (Fsp3) is 0.150. The Balaban J connectivity index is 1.76. The highest BCUT2D eigenvalue weighted by molar-refractivity contribution is 7.80. The van der Waals surface area contributed by atoms with Gasteiger partial charge in [0.1, 0.15) is 11.3 Å². The lowest BCUT2D eigenvalue weighted by Crippen LogP contribution is -2.54.